The van der Waals surface area contributed by atoms with E-state index in [1.807, 2.05) is 0 Å². The molecule has 0 saturated carbocycles. The van der Waals surface area contributed by atoms with Crippen LogP contribution in [0.4, 0.5) is 0 Å². The van der Waals surface area contributed by atoms with Crippen LogP contribution < -0.4 is 11.1 Å². The van der Waals surface area contributed by atoms with Gasteiger partial charge in [-0.15, -0.1) is 12.4 Å². The van der Waals surface area contributed by atoms with Crippen LogP contribution in [0.15, 0.2) is 40.1 Å². The van der Waals surface area contributed by atoms with Gasteiger partial charge in [0.25, 0.3) is 11.1 Å². The summed E-state index contributed by atoms with van der Waals surface area (Å²) in [6, 6.07) is 6.77. The Hall–Kier alpha value is -1.68. The number of aromatic amines is 1. The molecule has 0 aliphatic heterocycles. The fourth-order valence-electron chi connectivity index (χ4n) is 1.13. The maximum atomic E-state index is 11.3. The monoisotopic (exact) mass is 210 g/mol. The lowest BCUT2D eigenvalue weighted by molar-refractivity contribution is 1.23. The number of nitrogens with one attached hydrogen (secondary N) is 1. The van der Waals surface area contributed by atoms with Crippen molar-refractivity contribution in [2.24, 2.45) is 0 Å². The molecule has 0 atom stereocenters. The van der Waals surface area contributed by atoms with Gasteiger partial charge in [0.2, 0.25) is 0 Å². The van der Waals surface area contributed by atoms with Crippen LogP contribution in [0, 0.1) is 0 Å². The number of aromatic nitrogens is 2. The summed E-state index contributed by atoms with van der Waals surface area (Å²) in [5.41, 5.74) is -0.262. The van der Waals surface area contributed by atoms with Gasteiger partial charge in [-0.3, -0.25) is 9.59 Å². The van der Waals surface area contributed by atoms with E-state index in [4.69, 9.17) is 0 Å². The first-order valence-corrected chi connectivity index (χ1v) is 3.76. The molecule has 1 heterocycles. The Labute approximate surface area is 85.0 Å². The van der Waals surface area contributed by atoms with Crippen molar-refractivity contribution < 1.29 is 0 Å². The van der Waals surface area contributed by atoms with Gasteiger partial charge in [0.05, 0.1) is 17.1 Å². The molecular weight excluding hydrogens is 204 g/mol. The molecule has 4 nitrogen and oxygen atoms in total. The maximum absolute atomic E-state index is 11.3. The Bertz CT molecular complexity index is 565. The largest absolute Gasteiger partial charge is 0.320 e. The fraction of sp³-hybridized carbons (Fsp3) is 0. The summed E-state index contributed by atoms with van der Waals surface area (Å²) >= 11 is 0. The van der Waals surface area contributed by atoms with Crippen molar-refractivity contribution in [3.63, 3.8) is 0 Å². The van der Waals surface area contributed by atoms with Crippen LogP contribution in [0.25, 0.3) is 10.9 Å². The van der Waals surface area contributed by atoms with E-state index in [-0.39, 0.29) is 18.0 Å². The Kier molecular flexibility index (Phi) is 2.99. The van der Waals surface area contributed by atoms with Crippen LogP contribution in [-0.4, -0.2) is 9.97 Å². The molecule has 1 aromatic heterocycles. The van der Waals surface area contributed by atoms with Gasteiger partial charge in [-0.2, -0.15) is 0 Å². The smallest absolute Gasteiger partial charge is 0.279 e. The number of hydrogen-bond acceptors (Lipinski definition) is 3. The van der Waals surface area contributed by atoms with Crippen molar-refractivity contribution in [1.29, 1.82) is 0 Å². The molecule has 0 fully saturated rings. The molecule has 0 radical (unpaired) electrons. The Morgan fingerprint density at radius 2 is 1.86 bits per heavy atom. The number of fused-ring (bicyclic) bond motifs is 1. The van der Waals surface area contributed by atoms with Crippen LogP contribution in [0.5, 0.6) is 0 Å². The summed E-state index contributed by atoms with van der Waals surface area (Å²) in [5.74, 6) is 0. The van der Waals surface area contributed by atoms with E-state index < -0.39 is 5.56 Å². The highest BCUT2D eigenvalue weighted by atomic mass is 35.5. The highest BCUT2D eigenvalue weighted by molar-refractivity contribution is 5.85. The summed E-state index contributed by atoms with van der Waals surface area (Å²) < 4.78 is 0. The van der Waals surface area contributed by atoms with E-state index in [9.17, 15) is 9.59 Å². The number of nitrogens with zero attached hydrogens (tertiary/aromatic N) is 1. The summed E-state index contributed by atoms with van der Waals surface area (Å²) in [7, 11) is 0. The lowest BCUT2D eigenvalue weighted by Crippen LogP contribution is -2.02. The van der Waals surface area contributed by atoms with Crippen molar-refractivity contribution in [2.75, 3.05) is 0 Å². The van der Waals surface area contributed by atoms with Gasteiger partial charge >= 0.3 is 0 Å². The number of hydrogen-bond donors (Lipinski definition) is 1. The lowest BCUT2D eigenvalue weighted by atomic mass is 10.2. The molecule has 0 bridgehead atoms. The molecule has 0 aliphatic carbocycles. The van der Waals surface area contributed by atoms with E-state index in [1.165, 1.54) is 0 Å². The van der Waals surface area contributed by atoms with E-state index >= 15 is 0 Å². The zero-order valence-corrected chi connectivity index (χ0v) is 7.88. The van der Waals surface area contributed by atoms with Crippen molar-refractivity contribution in [2.45, 2.75) is 0 Å². The molecule has 14 heavy (non-hydrogen) atoms. The SMILES string of the molecule is Cl.O=c1cnc(=O)c2ccccc2[nH]1. The van der Waals surface area contributed by atoms with Gasteiger partial charge in [-0.05, 0) is 12.1 Å². The van der Waals surface area contributed by atoms with Crippen LogP contribution in [0.1, 0.15) is 0 Å². The maximum Gasteiger partial charge on any atom is 0.279 e. The molecule has 2 aromatic rings. The Balaban J connectivity index is 0.000000980. The van der Waals surface area contributed by atoms with Crippen molar-refractivity contribution in [3.8, 4) is 0 Å². The second kappa shape index (κ2) is 4.02. The van der Waals surface area contributed by atoms with Crippen LogP contribution >= 0.6 is 12.4 Å². The highest BCUT2D eigenvalue weighted by Crippen LogP contribution is 2.01. The molecule has 0 unspecified atom stereocenters. The molecule has 1 aromatic carbocycles. The van der Waals surface area contributed by atoms with E-state index in [0.717, 1.165) is 6.20 Å². The molecule has 0 saturated heterocycles. The molecule has 72 valence electrons. The molecule has 5 heteroatoms. The van der Waals surface area contributed by atoms with Gasteiger partial charge in [0, 0.05) is 0 Å². The van der Waals surface area contributed by atoms with Gasteiger partial charge < -0.3 is 4.98 Å². The predicted octanol–water partition coefficient (Wildman–Crippen LogP) is 0.705. The first kappa shape index (κ1) is 10.4. The van der Waals surface area contributed by atoms with Crippen molar-refractivity contribution in [3.05, 3.63) is 51.2 Å². The second-order valence-corrected chi connectivity index (χ2v) is 2.60. The molecule has 0 spiro atoms. The summed E-state index contributed by atoms with van der Waals surface area (Å²) in [5, 5.41) is 0.421. The number of para-hydroxylation sites is 1. The number of benzene rings is 1. The summed E-state index contributed by atoms with van der Waals surface area (Å²) in [6.07, 6.45) is 0.988. The van der Waals surface area contributed by atoms with Crippen LogP contribution in [-0.2, 0) is 0 Å². The third-order valence-electron chi connectivity index (χ3n) is 1.71. The number of H-pyrrole nitrogens is 1. The minimum Gasteiger partial charge on any atom is -0.320 e. The minimum absolute atomic E-state index is 0. The van der Waals surface area contributed by atoms with Crippen molar-refractivity contribution in [1.82, 2.24) is 9.97 Å². The predicted molar refractivity (Wildman–Crippen MR) is 55.9 cm³/mol. The second-order valence-electron chi connectivity index (χ2n) is 2.60. The highest BCUT2D eigenvalue weighted by Gasteiger charge is 1.95. The van der Waals surface area contributed by atoms with Crippen molar-refractivity contribution >= 4 is 23.3 Å². The normalized spacial score (nSPS) is 9.43. The van der Waals surface area contributed by atoms with Crippen LogP contribution in [0.2, 0.25) is 0 Å². The number of halogens is 1. The Morgan fingerprint density at radius 3 is 2.64 bits per heavy atom. The van der Waals surface area contributed by atoms with Gasteiger partial charge in [0.15, 0.2) is 0 Å². The average Bonchev–Trinajstić information content (AvgIpc) is 2.27. The minimum atomic E-state index is -0.394. The van der Waals surface area contributed by atoms with E-state index in [2.05, 4.69) is 9.97 Å². The van der Waals surface area contributed by atoms with Crippen LogP contribution in [0.3, 0.4) is 0 Å². The third kappa shape index (κ3) is 1.80. The molecule has 2 rings (SSSR count). The fourth-order valence-corrected chi connectivity index (χ4v) is 1.13. The van der Waals surface area contributed by atoms with Gasteiger partial charge in [-0.1, -0.05) is 12.1 Å². The third-order valence-corrected chi connectivity index (χ3v) is 1.71. The molecular formula is C9H7ClN2O2. The molecule has 1 N–H and O–H groups in total. The van der Waals surface area contributed by atoms with Gasteiger partial charge in [0.1, 0.15) is 0 Å². The zero-order valence-electron chi connectivity index (χ0n) is 7.06. The topological polar surface area (TPSA) is 62.8 Å². The first-order chi connectivity index (χ1) is 6.27. The standard InChI is InChI=1S/C9H6N2O2.ClH/c12-8-5-10-9(13)6-3-1-2-4-7(6)11-8;/h1-5H,(H,11,12);1H. The quantitative estimate of drug-likeness (QED) is 0.697. The summed E-state index contributed by atoms with van der Waals surface area (Å²) in [6.45, 7) is 0. The average molecular weight is 211 g/mol. The first-order valence-electron chi connectivity index (χ1n) is 3.76. The number of rotatable bonds is 0. The Morgan fingerprint density at radius 1 is 1.14 bits per heavy atom. The zero-order chi connectivity index (χ0) is 9.26. The molecule has 0 aliphatic rings. The summed E-state index contributed by atoms with van der Waals surface area (Å²) in [4.78, 5) is 28.3. The molecule has 0 amide bonds. The van der Waals surface area contributed by atoms with E-state index in [1.54, 1.807) is 24.3 Å². The van der Waals surface area contributed by atoms with E-state index in [0.29, 0.717) is 10.9 Å². The van der Waals surface area contributed by atoms with Gasteiger partial charge in [-0.25, -0.2) is 4.98 Å². The lowest BCUT2D eigenvalue weighted by Gasteiger charge is -1.86.